The van der Waals surface area contributed by atoms with Crippen LogP contribution in [0.5, 0.6) is 5.75 Å². The van der Waals surface area contributed by atoms with Crippen LogP contribution in [0.15, 0.2) is 24.3 Å². The molecule has 2 rings (SSSR count). The zero-order chi connectivity index (χ0) is 16.7. The first-order valence-corrected chi connectivity index (χ1v) is 7.92. The lowest BCUT2D eigenvalue weighted by molar-refractivity contribution is -0.122. The van der Waals surface area contributed by atoms with Crippen LogP contribution in [-0.2, 0) is 11.3 Å². The second-order valence-corrected chi connectivity index (χ2v) is 5.39. The van der Waals surface area contributed by atoms with Gasteiger partial charge in [0.15, 0.2) is 0 Å². The molecule has 0 aliphatic carbocycles. The lowest BCUT2D eigenvalue weighted by atomic mass is 10.2. The van der Waals surface area contributed by atoms with Crippen LogP contribution in [0.1, 0.15) is 33.6 Å². The van der Waals surface area contributed by atoms with E-state index in [2.05, 4.69) is 27.7 Å². The number of hydrogen-bond donors (Lipinski definition) is 1. The maximum absolute atomic E-state index is 11.8. The van der Waals surface area contributed by atoms with Crippen molar-refractivity contribution in [1.82, 2.24) is 25.5 Å². The average Bonchev–Trinajstić information content (AvgIpc) is 3.01. The minimum Gasteiger partial charge on any atom is -0.494 e. The zero-order valence-electron chi connectivity index (χ0n) is 13.8. The molecular formula is C16H23N5O2. The SMILES string of the molecule is CCCOc1ccc(-c2nnn(CC(=O)NC(C)CC)n2)cc1. The molecule has 1 unspecified atom stereocenters. The maximum atomic E-state index is 11.8. The Morgan fingerprint density at radius 2 is 2.04 bits per heavy atom. The third-order valence-corrected chi connectivity index (χ3v) is 3.34. The van der Waals surface area contributed by atoms with Crippen molar-refractivity contribution in [3.05, 3.63) is 24.3 Å². The van der Waals surface area contributed by atoms with Gasteiger partial charge in [0.05, 0.1) is 6.61 Å². The number of nitrogens with zero attached hydrogens (tertiary/aromatic N) is 4. The summed E-state index contributed by atoms with van der Waals surface area (Å²) >= 11 is 0. The second kappa shape index (κ2) is 8.26. The number of benzene rings is 1. The Labute approximate surface area is 136 Å². The van der Waals surface area contributed by atoms with Crippen LogP contribution < -0.4 is 10.1 Å². The fourth-order valence-corrected chi connectivity index (χ4v) is 1.90. The van der Waals surface area contributed by atoms with Gasteiger partial charge in [-0.2, -0.15) is 4.80 Å². The number of carbonyl (C=O) groups excluding carboxylic acids is 1. The van der Waals surface area contributed by atoms with E-state index in [9.17, 15) is 4.79 Å². The van der Waals surface area contributed by atoms with Crippen molar-refractivity contribution >= 4 is 5.91 Å². The fraction of sp³-hybridized carbons (Fsp3) is 0.500. The van der Waals surface area contributed by atoms with E-state index in [4.69, 9.17) is 4.74 Å². The number of amides is 1. The Bertz CT molecular complexity index is 624. The number of nitrogens with one attached hydrogen (secondary N) is 1. The molecule has 1 aromatic carbocycles. The van der Waals surface area contributed by atoms with E-state index >= 15 is 0 Å². The van der Waals surface area contributed by atoms with Gasteiger partial charge in [-0.1, -0.05) is 13.8 Å². The predicted octanol–water partition coefficient (Wildman–Crippen LogP) is 2.04. The van der Waals surface area contributed by atoms with Crippen LogP contribution in [0.3, 0.4) is 0 Å². The molecule has 0 aliphatic heterocycles. The molecule has 0 aliphatic rings. The maximum Gasteiger partial charge on any atom is 0.243 e. The van der Waals surface area contributed by atoms with Crippen LogP contribution in [0, 0.1) is 0 Å². The molecule has 1 atom stereocenters. The minimum atomic E-state index is -0.119. The molecule has 0 radical (unpaired) electrons. The monoisotopic (exact) mass is 317 g/mol. The van der Waals surface area contributed by atoms with Gasteiger partial charge in [-0.3, -0.25) is 4.79 Å². The third kappa shape index (κ3) is 5.05. The van der Waals surface area contributed by atoms with E-state index in [0.717, 1.165) is 24.2 Å². The summed E-state index contributed by atoms with van der Waals surface area (Å²) in [6.07, 6.45) is 1.85. The van der Waals surface area contributed by atoms with Gasteiger partial charge < -0.3 is 10.1 Å². The van der Waals surface area contributed by atoms with Crippen LogP contribution >= 0.6 is 0 Å². The zero-order valence-corrected chi connectivity index (χ0v) is 13.8. The highest BCUT2D eigenvalue weighted by Gasteiger charge is 2.10. The van der Waals surface area contributed by atoms with E-state index in [1.807, 2.05) is 38.1 Å². The molecule has 7 nitrogen and oxygen atoms in total. The summed E-state index contributed by atoms with van der Waals surface area (Å²) in [5.74, 6) is 1.19. The van der Waals surface area contributed by atoms with Gasteiger partial charge in [-0.25, -0.2) is 0 Å². The van der Waals surface area contributed by atoms with E-state index in [1.54, 1.807) is 0 Å². The minimum absolute atomic E-state index is 0.0645. The molecule has 0 fully saturated rings. The highest BCUT2D eigenvalue weighted by molar-refractivity contribution is 5.75. The van der Waals surface area contributed by atoms with Gasteiger partial charge in [-0.05, 0) is 49.2 Å². The Morgan fingerprint density at radius 3 is 2.70 bits per heavy atom. The first-order chi connectivity index (χ1) is 11.1. The number of tetrazole rings is 1. The molecule has 7 heteroatoms. The number of rotatable bonds is 8. The van der Waals surface area contributed by atoms with Crippen molar-refractivity contribution in [2.75, 3.05) is 6.61 Å². The molecule has 2 aromatic rings. The number of aromatic nitrogens is 4. The first-order valence-electron chi connectivity index (χ1n) is 7.92. The average molecular weight is 317 g/mol. The van der Waals surface area contributed by atoms with Crippen LogP contribution in [0.25, 0.3) is 11.4 Å². The molecule has 1 heterocycles. The fourth-order valence-electron chi connectivity index (χ4n) is 1.90. The van der Waals surface area contributed by atoms with Crippen molar-refractivity contribution in [2.24, 2.45) is 0 Å². The Balaban J connectivity index is 1.97. The van der Waals surface area contributed by atoms with Crippen LogP contribution in [0.4, 0.5) is 0 Å². The molecule has 1 aromatic heterocycles. The van der Waals surface area contributed by atoms with Crippen molar-refractivity contribution in [2.45, 2.75) is 46.2 Å². The first kappa shape index (κ1) is 16.9. The summed E-state index contributed by atoms with van der Waals surface area (Å²) in [6, 6.07) is 7.65. The summed E-state index contributed by atoms with van der Waals surface area (Å²) in [6.45, 7) is 6.80. The van der Waals surface area contributed by atoms with E-state index in [-0.39, 0.29) is 18.5 Å². The molecule has 23 heavy (non-hydrogen) atoms. The second-order valence-electron chi connectivity index (χ2n) is 5.39. The van der Waals surface area contributed by atoms with Gasteiger partial charge >= 0.3 is 0 Å². The van der Waals surface area contributed by atoms with Gasteiger partial charge in [0.2, 0.25) is 11.7 Å². The molecule has 1 N–H and O–H groups in total. The normalized spacial score (nSPS) is 12.0. The molecule has 0 bridgehead atoms. The highest BCUT2D eigenvalue weighted by Crippen LogP contribution is 2.18. The number of ether oxygens (including phenoxy) is 1. The van der Waals surface area contributed by atoms with Gasteiger partial charge in [-0.15, -0.1) is 10.2 Å². The Kier molecular flexibility index (Phi) is 6.08. The molecule has 0 saturated heterocycles. The number of carbonyl (C=O) groups is 1. The molecule has 124 valence electrons. The summed E-state index contributed by atoms with van der Waals surface area (Å²) in [5, 5.41) is 15.0. The molecule has 0 spiro atoms. The van der Waals surface area contributed by atoms with E-state index in [1.165, 1.54) is 4.80 Å². The lowest BCUT2D eigenvalue weighted by Crippen LogP contribution is -2.35. The summed E-state index contributed by atoms with van der Waals surface area (Å²) in [4.78, 5) is 13.1. The van der Waals surface area contributed by atoms with Gasteiger partial charge in [0, 0.05) is 11.6 Å². The van der Waals surface area contributed by atoms with Crippen LogP contribution in [0.2, 0.25) is 0 Å². The van der Waals surface area contributed by atoms with Crippen molar-refractivity contribution in [3.63, 3.8) is 0 Å². The van der Waals surface area contributed by atoms with Crippen molar-refractivity contribution in [3.8, 4) is 17.1 Å². The quantitative estimate of drug-likeness (QED) is 0.805. The Hall–Kier alpha value is -2.44. The molecule has 0 saturated carbocycles. The smallest absolute Gasteiger partial charge is 0.243 e. The standard InChI is InChI=1S/C16H23N5O2/c1-4-10-23-14-8-6-13(7-9-14)16-18-20-21(19-16)11-15(22)17-12(3)5-2/h6-9,12H,4-5,10-11H2,1-3H3,(H,17,22). The molecule has 1 amide bonds. The number of hydrogen-bond acceptors (Lipinski definition) is 5. The molecular weight excluding hydrogens is 294 g/mol. The van der Waals surface area contributed by atoms with Crippen molar-refractivity contribution < 1.29 is 9.53 Å². The summed E-state index contributed by atoms with van der Waals surface area (Å²) < 4.78 is 5.54. The lowest BCUT2D eigenvalue weighted by Gasteiger charge is -2.10. The summed E-state index contributed by atoms with van der Waals surface area (Å²) in [7, 11) is 0. The van der Waals surface area contributed by atoms with E-state index < -0.39 is 0 Å². The highest BCUT2D eigenvalue weighted by atomic mass is 16.5. The topological polar surface area (TPSA) is 81.9 Å². The predicted molar refractivity (Wildman–Crippen MR) is 86.9 cm³/mol. The van der Waals surface area contributed by atoms with Gasteiger partial charge in [0.25, 0.3) is 0 Å². The van der Waals surface area contributed by atoms with Crippen molar-refractivity contribution in [1.29, 1.82) is 0 Å². The van der Waals surface area contributed by atoms with E-state index in [0.29, 0.717) is 12.4 Å². The Morgan fingerprint density at radius 1 is 1.30 bits per heavy atom. The third-order valence-electron chi connectivity index (χ3n) is 3.34. The largest absolute Gasteiger partial charge is 0.494 e. The van der Waals surface area contributed by atoms with Crippen LogP contribution in [-0.4, -0.2) is 38.8 Å². The summed E-state index contributed by atoms with van der Waals surface area (Å²) in [5.41, 5.74) is 0.836. The van der Waals surface area contributed by atoms with Gasteiger partial charge in [0.1, 0.15) is 12.3 Å².